The lowest BCUT2D eigenvalue weighted by Crippen LogP contribution is -2.19. The number of para-hydroxylation sites is 1. The van der Waals surface area contributed by atoms with Crippen molar-refractivity contribution in [1.29, 1.82) is 0 Å². The molecule has 100 valence electrons. The molecule has 2 N–H and O–H groups in total. The summed E-state index contributed by atoms with van der Waals surface area (Å²) in [7, 11) is 0. The Morgan fingerprint density at radius 3 is 2.44 bits per heavy atom. The predicted octanol–water partition coefficient (Wildman–Crippen LogP) is 3.49. The summed E-state index contributed by atoms with van der Waals surface area (Å²) in [4.78, 5) is 0. The summed E-state index contributed by atoms with van der Waals surface area (Å²) in [5, 5.41) is 0. The van der Waals surface area contributed by atoms with Gasteiger partial charge in [-0.05, 0) is 42.9 Å². The zero-order valence-electron chi connectivity index (χ0n) is 11.8. The van der Waals surface area contributed by atoms with Crippen molar-refractivity contribution in [2.75, 3.05) is 13.2 Å². The minimum atomic E-state index is 0.126. The molecule has 0 radical (unpaired) electrons. The molecule has 0 aromatic heterocycles. The molecule has 1 saturated carbocycles. The van der Waals surface area contributed by atoms with Gasteiger partial charge in [0.25, 0.3) is 0 Å². The summed E-state index contributed by atoms with van der Waals surface area (Å²) in [6.07, 6.45) is 3.62. The predicted molar refractivity (Wildman–Crippen MR) is 76.0 cm³/mol. The van der Waals surface area contributed by atoms with Gasteiger partial charge in [-0.2, -0.15) is 0 Å². The molecule has 0 aliphatic heterocycles. The van der Waals surface area contributed by atoms with Crippen LogP contribution in [-0.2, 0) is 5.41 Å². The van der Waals surface area contributed by atoms with Crippen LogP contribution < -0.4 is 10.5 Å². The number of ether oxygens (including phenoxy) is 1. The zero-order valence-corrected chi connectivity index (χ0v) is 11.8. The molecule has 0 unspecified atom stereocenters. The van der Waals surface area contributed by atoms with Gasteiger partial charge in [-0.3, -0.25) is 0 Å². The van der Waals surface area contributed by atoms with E-state index in [-0.39, 0.29) is 5.41 Å². The lowest BCUT2D eigenvalue weighted by Gasteiger charge is -2.24. The van der Waals surface area contributed by atoms with Gasteiger partial charge in [-0.1, -0.05) is 39.0 Å². The number of benzene rings is 1. The molecule has 1 aliphatic rings. The van der Waals surface area contributed by atoms with Crippen molar-refractivity contribution in [2.45, 2.75) is 45.4 Å². The third-order valence-corrected chi connectivity index (χ3v) is 3.86. The van der Waals surface area contributed by atoms with E-state index in [2.05, 4.69) is 39.0 Å². The van der Waals surface area contributed by atoms with Crippen LogP contribution in [0.2, 0.25) is 0 Å². The molecule has 1 aromatic rings. The molecule has 0 bridgehead atoms. The van der Waals surface area contributed by atoms with Gasteiger partial charge in [-0.15, -0.1) is 0 Å². The van der Waals surface area contributed by atoms with E-state index in [1.807, 2.05) is 6.07 Å². The van der Waals surface area contributed by atoms with E-state index < -0.39 is 0 Å². The Morgan fingerprint density at radius 2 is 1.89 bits per heavy atom. The molecule has 1 fully saturated rings. The first-order valence-electron chi connectivity index (χ1n) is 6.89. The largest absolute Gasteiger partial charge is 0.493 e. The van der Waals surface area contributed by atoms with Crippen LogP contribution in [0.3, 0.4) is 0 Å². The fourth-order valence-corrected chi connectivity index (χ4v) is 2.39. The maximum Gasteiger partial charge on any atom is 0.123 e. The smallest absolute Gasteiger partial charge is 0.123 e. The second-order valence-electron chi connectivity index (χ2n) is 6.57. The van der Waals surface area contributed by atoms with Crippen molar-refractivity contribution in [1.82, 2.24) is 0 Å². The molecule has 1 aromatic carbocycles. The fourth-order valence-electron chi connectivity index (χ4n) is 2.39. The summed E-state index contributed by atoms with van der Waals surface area (Å²) >= 11 is 0. The highest BCUT2D eigenvalue weighted by Gasteiger charge is 2.42. The van der Waals surface area contributed by atoms with E-state index in [9.17, 15) is 0 Å². The molecule has 0 atom stereocenters. The maximum atomic E-state index is 6.09. The minimum absolute atomic E-state index is 0.126. The van der Waals surface area contributed by atoms with Gasteiger partial charge in [0.2, 0.25) is 0 Å². The molecule has 2 nitrogen and oxygen atoms in total. The van der Waals surface area contributed by atoms with Crippen molar-refractivity contribution in [3.8, 4) is 5.75 Å². The minimum Gasteiger partial charge on any atom is -0.493 e. The van der Waals surface area contributed by atoms with Crippen LogP contribution in [0, 0.1) is 5.41 Å². The van der Waals surface area contributed by atoms with Crippen LogP contribution in [0.1, 0.15) is 45.6 Å². The van der Waals surface area contributed by atoms with E-state index in [1.165, 1.54) is 18.4 Å². The average Bonchev–Trinajstić information content (AvgIpc) is 3.07. The SMILES string of the molecule is CC(C)(C)c1ccccc1OCC1(CCN)CC1. The Balaban J connectivity index is 2.06. The van der Waals surface area contributed by atoms with Crippen LogP contribution >= 0.6 is 0 Å². The zero-order chi connectivity index (χ0) is 13.2. The van der Waals surface area contributed by atoms with Gasteiger partial charge in [0.1, 0.15) is 5.75 Å². The lowest BCUT2D eigenvalue weighted by atomic mass is 9.86. The molecule has 18 heavy (non-hydrogen) atoms. The van der Waals surface area contributed by atoms with Crippen LogP contribution in [0.15, 0.2) is 24.3 Å². The standard InChI is InChI=1S/C16H25NO/c1-15(2,3)13-6-4-5-7-14(13)18-12-16(8-9-16)10-11-17/h4-7H,8-12,17H2,1-3H3. The van der Waals surface area contributed by atoms with Crippen molar-refractivity contribution in [2.24, 2.45) is 11.1 Å². The van der Waals surface area contributed by atoms with E-state index in [4.69, 9.17) is 10.5 Å². The molecule has 0 heterocycles. The molecule has 2 heteroatoms. The Morgan fingerprint density at radius 1 is 1.22 bits per heavy atom. The van der Waals surface area contributed by atoms with E-state index in [0.29, 0.717) is 5.41 Å². The molecule has 2 rings (SSSR count). The fraction of sp³-hybridized carbons (Fsp3) is 0.625. The third kappa shape index (κ3) is 3.05. The molecular formula is C16H25NO. The highest BCUT2D eigenvalue weighted by Crippen LogP contribution is 2.49. The maximum absolute atomic E-state index is 6.09. The Bertz CT molecular complexity index is 402. The van der Waals surface area contributed by atoms with Crippen molar-refractivity contribution in [3.63, 3.8) is 0 Å². The van der Waals surface area contributed by atoms with Crippen LogP contribution in [0.5, 0.6) is 5.75 Å². The molecule has 1 aliphatic carbocycles. The Labute approximate surface area is 111 Å². The normalized spacial score (nSPS) is 17.6. The van der Waals surface area contributed by atoms with Gasteiger partial charge in [0.05, 0.1) is 6.61 Å². The average molecular weight is 247 g/mol. The Hall–Kier alpha value is -1.02. The van der Waals surface area contributed by atoms with Gasteiger partial charge < -0.3 is 10.5 Å². The molecule has 0 saturated heterocycles. The highest BCUT2D eigenvalue weighted by atomic mass is 16.5. The number of nitrogens with two attached hydrogens (primary N) is 1. The van der Waals surface area contributed by atoms with Gasteiger partial charge in [0, 0.05) is 5.41 Å². The van der Waals surface area contributed by atoms with Crippen molar-refractivity contribution < 1.29 is 4.74 Å². The quantitative estimate of drug-likeness (QED) is 0.864. The van der Waals surface area contributed by atoms with Crippen LogP contribution in [-0.4, -0.2) is 13.2 Å². The van der Waals surface area contributed by atoms with Crippen molar-refractivity contribution in [3.05, 3.63) is 29.8 Å². The Kier molecular flexibility index (Phi) is 3.67. The van der Waals surface area contributed by atoms with E-state index in [1.54, 1.807) is 0 Å². The van der Waals surface area contributed by atoms with E-state index in [0.717, 1.165) is 25.3 Å². The topological polar surface area (TPSA) is 35.2 Å². The molecule has 0 spiro atoms. The highest BCUT2D eigenvalue weighted by molar-refractivity contribution is 5.38. The van der Waals surface area contributed by atoms with E-state index >= 15 is 0 Å². The summed E-state index contributed by atoms with van der Waals surface area (Å²) in [6.45, 7) is 8.26. The first-order valence-corrected chi connectivity index (χ1v) is 6.89. The number of hydrogen-bond donors (Lipinski definition) is 1. The third-order valence-electron chi connectivity index (χ3n) is 3.86. The second-order valence-corrected chi connectivity index (χ2v) is 6.57. The van der Waals surface area contributed by atoms with Crippen molar-refractivity contribution >= 4 is 0 Å². The molecule has 0 amide bonds. The molecular weight excluding hydrogens is 222 g/mol. The van der Waals surface area contributed by atoms with Gasteiger partial charge in [0.15, 0.2) is 0 Å². The van der Waals surface area contributed by atoms with Gasteiger partial charge >= 0.3 is 0 Å². The second kappa shape index (κ2) is 4.93. The lowest BCUT2D eigenvalue weighted by molar-refractivity contribution is 0.222. The first-order chi connectivity index (χ1) is 8.47. The van der Waals surface area contributed by atoms with Crippen LogP contribution in [0.25, 0.3) is 0 Å². The first kappa shape index (κ1) is 13.4. The van der Waals surface area contributed by atoms with Gasteiger partial charge in [-0.25, -0.2) is 0 Å². The summed E-state index contributed by atoms with van der Waals surface area (Å²) in [5.74, 6) is 1.04. The summed E-state index contributed by atoms with van der Waals surface area (Å²) in [6, 6.07) is 8.38. The van der Waals surface area contributed by atoms with Crippen LogP contribution in [0.4, 0.5) is 0 Å². The monoisotopic (exact) mass is 247 g/mol. The summed E-state index contributed by atoms with van der Waals surface area (Å²) < 4.78 is 6.09. The number of rotatable bonds is 5. The number of hydrogen-bond acceptors (Lipinski definition) is 2. The summed E-state index contributed by atoms with van der Waals surface area (Å²) in [5.41, 5.74) is 7.45.